The van der Waals surface area contributed by atoms with E-state index >= 15 is 0 Å². The highest BCUT2D eigenvalue weighted by molar-refractivity contribution is 5.80. The fourth-order valence-corrected chi connectivity index (χ4v) is 3.14. The van der Waals surface area contributed by atoms with E-state index < -0.39 is 4.92 Å². The Kier molecular flexibility index (Phi) is 6.80. The molecule has 1 saturated carbocycles. The second kappa shape index (κ2) is 9.50. The first-order valence-corrected chi connectivity index (χ1v) is 9.83. The minimum Gasteiger partial charge on any atom is -0.357 e. The number of benzene rings is 1. The number of nitrogens with zero attached hydrogens (tertiary/aromatic N) is 4. The van der Waals surface area contributed by atoms with Crippen LogP contribution in [-0.4, -0.2) is 71.9 Å². The summed E-state index contributed by atoms with van der Waals surface area (Å²) < 4.78 is 0. The SMILES string of the molecule is CCNC(=NCc1ccc([N+](=O)[O-])cc1)N1CCN(CC(=O)NC2CC2)CC1. The number of hydrogen-bond donors (Lipinski definition) is 2. The summed E-state index contributed by atoms with van der Waals surface area (Å²) in [6.45, 7) is 6.97. The van der Waals surface area contributed by atoms with Crippen molar-refractivity contribution in [1.29, 1.82) is 0 Å². The molecular formula is C19H28N6O3. The molecule has 1 saturated heterocycles. The summed E-state index contributed by atoms with van der Waals surface area (Å²) >= 11 is 0. The van der Waals surface area contributed by atoms with Crippen molar-refractivity contribution < 1.29 is 9.72 Å². The molecule has 0 atom stereocenters. The zero-order valence-corrected chi connectivity index (χ0v) is 16.3. The molecule has 2 aliphatic rings. The van der Waals surface area contributed by atoms with Crippen molar-refractivity contribution in [3.05, 3.63) is 39.9 Å². The first kappa shape index (κ1) is 20.1. The van der Waals surface area contributed by atoms with Crippen LogP contribution in [0.5, 0.6) is 0 Å². The molecule has 28 heavy (non-hydrogen) atoms. The maximum absolute atomic E-state index is 12.0. The molecule has 0 bridgehead atoms. The van der Waals surface area contributed by atoms with Crippen molar-refractivity contribution in [2.75, 3.05) is 39.3 Å². The van der Waals surface area contributed by atoms with Gasteiger partial charge >= 0.3 is 0 Å². The third-order valence-electron chi connectivity index (χ3n) is 4.87. The number of carbonyl (C=O) groups excluding carboxylic acids is 1. The Hall–Kier alpha value is -2.68. The molecule has 1 amide bonds. The lowest BCUT2D eigenvalue weighted by Crippen LogP contribution is -2.54. The number of nitro benzene ring substituents is 1. The Balaban J connectivity index is 1.51. The number of rotatable bonds is 7. The number of amides is 1. The average Bonchev–Trinajstić information content (AvgIpc) is 3.50. The number of carbonyl (C=O) groups is 1. The number of piperazine rings is 1. The van der Waals surface area contributed by atoms with Gasteiger partial charge in [0, 0.05) is 50.9 Å². The van der Waals surface area contributed by atoms with Gasteiger partial charge in [0.15, 0.2) is 5.96 Å². The molecule has 2 N–H and O–H groups in total. The Bertz CT molecular complexity index is 709. The topological polar surface area (TPSA) is 103 Å². The summed E-state index contributed by atoms with van der Waals surface area (Å²) in [6.07, 6.45) is 2.22. The number of hydrogen-bond acceptors (Lipinski definition) is 5. The number of non-ortho nitro benzene ring substituents is 1. The van der Waals surface area contributed by atoms with Crippen LogP contribution < -0.4 is 10.6 Å². The molecule has 2 fully saturated rings. The largest absolute Gasteiger partial charge is 0.357 e. The van der Waals surface area contributed by atoms with Gasteiger partial charge in [0.25, 0.3) is 5.69 Å². The summed E-state index contributed by atoms with van der Waals surface area (Å²) in [5, 5.41) is 17.1. The Morgan fingerprint density at radius 1 is 1.21 bits per heavy atom. The fourth-order valence-electron chi connectivity index (χ4n) is 3.14. The summed E-state index contributed by atoms with van der Waals surface area (Å²) in [5.41, 5.74) is 1.01. The van der Waals surface area contributed by atoms with Crippen molar-refractivity contribution in [2.24, 2.45) is 4.99 Å². The number of nitrogens with one attached hydrogen (secondary N) is 2. The highest BCUT2D eigenvalue weighted by atomic mass is 16.6. The highest BCUT2D eigenvalue weighted by Gasteiger charge is 2.25. The molecule has 9 nitrogen and oxygen atoms in total. The number of nitro groups is 1. The van der Waals surface area contributed by atoms with Crippen LogP contribution in [0.15, 0.2) is 29.3 Å². The minimum atomic E-state index is -0.401. The van der Waals surface area contributed by atoms with Crippen LogP contribution in [0.1, 0.15) is 25.3 Å². The molecule has 0 radical (unpaired) electrons. The standard InChI is InChI=1S/C19H28N6O3/c1-2-20-19(21-13-15-3-7-17(8-4-15)25(27)28)24-11-9-23(10-12-24)14-18(26)22-16-5-6-16/h3-4,7-8,16H,2,5-6,9-14H2,1H3,(H,20,21)(H,22,26). The Labute approximate surface area is 164 Å². The highest BCUT2D eigenvalue weighted by Crippen LogP contribution is 2.18. The van der Waals surface area contributed by atoms with E-state index in [1.54, 1.807) is 12.1 Å². The molecule has 9 heteroatoms. The minimum absolute atomic E-state index is 0.0847. The second-order valence-corrected chi connectivity index (χ2v) is 7.20. The predicted octanol–water partition coefficient (Wildman–Crippen LogP) is 0.957. The van der Waals surface area contributed by atoms with Crippen molar-refractivity contribution in [3.8, 4) is 0 Å². The smallest absolute Gasteiger partial charge is 0.269 e. The van der Waals surface area contributed by atoms with Crippen molar-refractivity contribution in [3.63, 3.8) is 0 Å². The molecule has 3 rings (SSSR count). The van der Waals surface area contributed by atoms with E-state index in [2.05, 4.69) is 25.4 Å². The van der Waals surface area contributed by atoms with E-state index in [1.165, 1.54) is 12.1 Å². The van der Waals surface area contributed by atoms with Gasteiger partial charge in [-0.1, -0.05) is 12.1 Å². The van der Waals surface area contributed by atoms with Gasteiger partial charge in [-0.15, -0.1) is 0 Å². The van der Waals surface area contributed by atoms with E-state index in [1.807, 2.05) is 6.92 Å². The van der Waals surface area contributed by atoms with Crippen LogP contribution in [0, 0.1) is 10.1 Å². The first-order valence-electron chi connectivity index (χ1n) is 9.83. The van der Waals surface area contributed by atoms with Gasteiger partial charge in [-0.25, -0.2) is 4.99 Å². The van der Waals surface area contributed by atoms with Crippen LogP contribution in [0.4, 0.5) is 5.69 Å². The normalized spacial score (nSPS) is 18.0. The van der Waals surface area contributed by atoms with Gasteiger partial charge in [-0.05, 0) is 25.3 Å². The van der Waals surface area contributed by atoms with Crippen molar-refractivity contribution in [2.45, 2.75) is 32.4 Å². The summed E-state index contributed by atoms with van der Waals surface area (Å²) in [6, 6.07) is 6.89. The van der Waals surface area contributed by atoms with Crippen LogP contribution in [0.25, 0.3) is 0 Å². The van der Waals surface area contributed by atoms with Gasteiger partial charge < -0.3 is 15.5 Å². The molecule has 0 unspecified atom stereocenters. The summed E-state index contributed by atoms with van der Waals surface area (Å²) in [4.78, 5) is 31.4. The molecule has 1 aliphatic heterocycles. The average molecular weight is 388 g/mol. The number of aliphatic imine (C=N–C) groups is 1. The van der Waals surface area contributed by atoms with Crippen LogP contribution in [-0.2, 0) is 11.3 Å². The van der Waals surface area contributed by atoms with E-state index in [9.17, 15) is 14.9 Å². The molecule has 1 heterocycles. The predicted molar refractivity (Wildman–Crippen MR) is 107 cm³/mol. The fraction of sp³-hybridized carbons (Fsp3) is 0.579. The van der Waals surface area contributed by atoms with Gasteiger partial charge in [0.05, 0.1) is 18.0 Å². The van der Waals surface area contributed by atoms with Gasteiger partial charge in [0.2, 0.25) is 5.91 Å². The molecular weight excluding hydrogens is 360 g/mol. The van der Waals surface area contributed by atoms with E-state index in [-0.39, 0.29) is 11.6 Å². The van der Waals surface area contributed by atoms with Gasteiger partial charge in [-0.3, -0.25) is 19.8 Å². The number of guanidine groups is 1. The maximum Gasteiger partial charge on any atom is 0.269 e. The Morgan fingerprint density at radius 3 is 2.46 bits per heavy atom. The van der Waals surface area contributed by atoms with Crippen molar-refractivity contribution >= 4 is 17.6 Å². The van der Waals surface area contributed by atoms with Crippen LogP contribution >= 0.6 is 0 Å². The second-order valence-electron chi connectivity index (χ2n) is 7.20. The molecule has 1 aromatic carbocycles. The first-order chi connectivity index (χ1) is 13.5. The quantitative estimate of drug-likeness (QED) is 0.312. The summed E-state index contributed by atoms with van der Waals surface area (Å²) in [5.74, 6) is 0.956. The molecule has 1 aromatic rings. The zero-order chi connectivity index (χ0) is 19.9. The van der Waals surface area contributed by atoms with E-state index in [0.717, 1.165) is 57.1 Å². The molecule has 152 valence electrons. The zero-order valence-electron chi connectivity index (χ0n) is 16.3. The van der Waals surface area contributed by atoms with Crippen LogP contribution in [0.2, 0.25) is 0 Å². The third-order valence-corrected chi connectivity index (χ3v) is 4.87. The lowest BCUT2D eigenvalue weighted by atomic mass is 10.2. The van der Waals surface area contributed by atoms with E-state index in [0.29, 0.717) is 19.1 Å². The van der Waals surface area contributed by atoms with Gasteiger partial charge in [-0.2, -0.15) is 0 Å². The van der Waals surface area contributed by atoms with Crippen molar-refractivity contribution in [1.82, 2.24) is 20.4 Å². The Morgan fingerprint density at radius 2 is 1.89 bits per heavy atom. The maximum atomic E-state index is 12.0. The molecule has 0 aromatic heterocycles. The van der Waals surface area contributed by atoms with Crippen LogP contribution in [0.3, 0.4) is 0 Å². The monoisotopic (exact) mass is 388 g/mol. The lowest BCUT2D eigenvalue weighted by molar-refractivity contribution is -0.384. The summed E-state index contributed by atoms with van der Waals surface area (Å²) in [7, 11) is 0. The lowest BCUT2D eigenvalue weighted by Gasteiger charge is -2.36. The third kappa shape index (κ3) is 5.91. The molecule has 0 spiro atoms. The van der Waals surface area contributed by atoms with Gasteiger partial charge in [0.1, 0.15) is 0 Å². The molecule has 1 aliphatic carbocycles. The van der Waals surface area contributed by atoms with E-state index in [4.69, 9.17) is 0 Å².